The number of hydrogen-bond acceptors (Lipinski definition) is 2. The number of benzene rings is 2. The van der Waals surface area contributed by atoms with Crippen molar-refractivity contribution in [2.45, 2.75) is 25.7 Å². The number of aromatic nitrogens is 1. The first-order valence-corrected chi connectivity index (χ1v) is 11.2. The minimum atomic E-state index is 0.161. The van der Waals surface area contributed by atoms with Gasteiger partial charge in [-0.2, -0.15) is 0 Å². The molecule has 4 nitrogen and oxygen atoms in total. The summed E-state index contributed by atoms with van der Waals surface area (Å²) >= 11 is 0. The van der Waals surface area contributed by atoms with Gasteiger partial charge < -0.3 is 9.88 Å². The van der Waals surface area contributed by atoms with E-state index in [1.165, 1.54) is 33.4 Å². The summed E-state index contributed by atoms with van der Waals surface area (Å²) in [4.78, 5) is 23.0. The van der Waals surface area contributed by atoms with Crippen molar-refractivity contribution in [2.75, 3.05) is 13.1 Å². The van der Waals surface area contributed by atoms with Crippen LogP contribution in [0, 0.1) is 5.92 Å². The number of H-pyrrole nitrogens is 1. The number of hydrogen-bond donors (Lipinski definition) is 1. The van der Waals surface area contributed by atoms with E-state index in [9.17, 15) is 4.79 Å². The maximum atomic E-state index is 13.2. The van der Waals surface area contributed by atoms with Crippen LogP contribution in [0.5, 0.6) is 0 Å². The minimum absolute atomic E-state index is 0.161. The Morgan fingerprint density at radius 3 is 2.77 bits per heavy atom. The van der Waals surface area contributed by atoms with E-state index >= 15 is 0 Å². The van der Waals surface area contributed by atoms with Crippen molar-refractivity contribution >= 4 is 28.1 Å². The minimum Gasteiger partial charge on any atom is -0.361 e. The van der Waals surface area contributed by atoms with Crippen LogP contribution < -0.4 is 0 Å². The largest absolute Gasteiger partial charge is 0.361 e. The van der Waals surface area contributed by atoms with Gasteiger partial charge in [0, 0.05) is 60.0 Å². The summed E-state index contributed by atoms with van der Waals surface area (Å²) in [6.45, 7) is 1.64. The molecule has 0 bridgehead atoms. The van der Waals surface area contributed by atoms with Crippen LogP contribution in [0.3, 0.4) is 0 Å². The number of carbonyl (C=O) groups is 1. The molecule has 3 aromatic rings. The molecule has 31 heavy (non-hydrogen) atoms. The van der Waals surface area contributed by atoms with Gasteiger partial charge in [-0.3, -0.25) is 9.79 Å². The zero-order valence-corrected chi connectivity index (χ0v) is 17.5. The Balaban J connectivity index is 1.20. The average Bonchev–Trinajstić information content (AvgIpc) is 3.58. The maximum absolute atomic E-state index is 13.2. The van der Waals surface area contributed by atoms with E-state index in [2.05, 4.69) is 58.5 Å². The lowest BCUT2D eigenvalue weighted by Crippen LogP contribution is -2.40. The van der Waals surface area contributed by atoms with Gasteiger partial charge in [0.25, 0.3) is 5.91 Å². The highest BCUT2D eigenvalue weighted by Crippen LogP contribution is 2.36. The van der Waals surface area contributed by atoms with E-state index in [4.69, 9.17) is 0 Å². The van der Waals surface area contributed by atoms with Crippen LogP contribution in [-0.2, 0) is 6.42 Å². The second-order valence-corrected chi connectivity index (χ2v) is 8.71. The molecular weight excluding hydrogens is 382 g/mol. The highest BCUT2D eigenvalue weighted by atomic mass is 16.2. The van der Waals surface area contributed by atoms with Gasteiger partial charge in [0.15, 0.2) is 0 Å². The second-order valence-electron chi connectivity index (χ2n) is 8.71. The number of aliphatic imine (C=N–C) groups is 1. The molecule has 0 spiro atoms. The summed E-state index contributed by atoms with van der Waals surface area (Å²) in [5.41, 5.74) is 8.27. The molecule has 3 heterocycles. The molecule has 2 aromatic carbocycles. The molecule has 4 heteroatoms. The van der Waals surface area contributed by atoms with Crippen molar-refractivity contribution in [1.29, 1.82) is 0 Å². The van der Waals surface area contributed by atoms with Gasteiger partial charge in [0.05, 0.1) is 0 Å². The van der Waals surface area contributed by atoms with Crippen LogP contribution in [0.25, 0.3) is 16.5 Å². The number of likely N-dealkylation sites (tertiary alicyclic amines) is 1. The average molecular weight is 408 g/mol. The number of carbonyl (C=O) groups excluding carboxylic acids is 1. The molecule has 3 aliphatic rings. The lowest BCUT2D eigenvalue weighted by molar-refractivity contribution is 0.0709. The molecule has 1 N–H and O–H groups in total. The lowest BCUT2D eigenvalue weighted by Gasteiger charge is -2.32. The molecule has 0 unspecified atom stereocenters. The monoisotopic (exact) mass is 407 g/mol. The summed E-state index contributed by atoms with van der Waals surface area (Å²) in [7, 11) is 0. The number of rotatable bonds is 3. The van der Waals surface area contributed by atoms with Crippen LogP contribution in [0.15, 0.2) is 72.0 Å². The summed E-state index contributed by atoms with van der Waals surface area (Å²) in [5, 5.41) is 1.24. The van der Waals surface area contributed by atoms with Crippen LogP contribution in [0.4, 0.5) is 0 Å². The van der Waals surface area contributed by atoms with E-state index in [-0.39, 0.29) is 5.91 Å². The molecule has 1 amide bonds. The summed E-state index contributed by atoms with van der Waals surface area (Å²) in [6.07, 6.45) is 12.2. The first-order valence-electron chi connectivity index (χ1n) is 11.2. The number of piperidine rings is 1. The molecule has 6 rings (SSSR count). The van der Waals surface area contributed by atoms with Gasteiger partial charge in [-0.1, -0.05) is 30.4 Å². The molecule has 0 atom stereocenters. The van der Waals surface area contributed by atoms with Crippen molar-refractivity contribution in [3.63, 3.8) is 0 Å². The summed E-state index contributed by atoms with van der Waals surface area (Å²) < 4.78 is 0. The van der Waals surface area contributed by atoms with Gasteiger partial charge in [-0.25, -0.2) is 0 Å². The van der Waals surface area contributed by atoms with Gasteiger partial charge in [-0.15, -0.1) is 0 Å². The molecule has 1 saturated heterocycles. The van der Waals surface area contributed by atoms with Crippen molar-refractivity contribution in [3.05, 3.63) is 89.3 Å². The quantitative estimate of drug-likeness (QED) is 0.624. The van der Waals surface area contributed by atoms with Crippen molar-refractivity contribution in [3.8, 4) is 0 Å². The van der Waals surface area contributed by atoms with Crippen molar-refractivity contribution in [2.24, 2.45) is 10.9 Å². The van der Waals surface area contributed by atoms with Crippen LogP contribution in [0.2, 0.25) is 0 Å². The maximum Gasteiger partial charge on any atom is 0.253 e. The molecule has 0 radical (unpaired) electrons. The second kappa shape index (κ2) is 7.38. The predicted molar refractivity (Wildman–Crippen MR) is 125 cm³/mol. The molecular formula is C27H25N3O. The third-order valence-electron chi connectivity index (χ3n) is 6.98. The number of nitrogens with one attached hydrogen (secondary N) is 1. The molecule has 154 valence electrons. The molecule has 1 aromatic heterocycles. The Kier molecular flexibility index (Phi) is 4.37. The third-order valence-corrected chi connectivity index (χ3v) is 6.98. The summed E-state index contributed by atoms with van der Waals surface area (Å²) in [6, 6.07) is 14.8. The molecule has 1 aliphatic carbocycles. The van der Waals surface area contributed by atoms with Gasteiger partial charge in [0.2, 0.25) is 0 Å². The number of aromatic amines is 1. The van der Waals surface area contributed by atoms with Gasteiger partial charge in [-0.05, 0) is 65.8 Å². The Bertz CT molecular complexity index is 1270. The van der Waals surface area contributed by atoms with Crippen LogP contribution in [-0.4, -0.2) is 34.6 Å². The first-order chi connectivity index (χ1) is 15.3. The Labute approximate surface area is 182 Å². The SMILES string of the molecule is O=C(c1ccc2c(c1)CC=C2c1cccc2[nH]ccc12)N1CCC(C2=NC=CC2)CC1. The smallest absolute Gasteiger partial charge is 0.253 e. The highest BCUT2D eigenvalue weighted by molar-refractivity contribution is 6.00. The fourth-order valence-electron chi connectivity index (χ4n) is 5.30. The lowest BCUT2D eigenvalue weighted by atomic mass is 9.90. The van der Waals surface area contributed by atoms with E-state index < -0.39 is 0 Å². The fourth-order valence-corrected chi connectivity index (χ4v) is 5.30. The molecule has 2 aliphatic heterocycles. The standard InChI is InChI=1S/C27H25N3O/c31-27(30-15-11-18(12-16-30)25-5-2-13-28-25)20-7-8-21-19(17-20)6-9-23(21)22-3-1-4-26-24(22)10-14-29-26/h1-4,7-10,13-14,17-18,29H,5-6,11-12,15-16H2. The highest BCUT2D eigenvalue weighted by Gasteiger charge is 2.27. The van der Waals surface area contributed by atoms with Crippen molar-refractivity contribution < 1.29 is 4.79 Å². The zero-order chi connectivity index (χ0) is 20.8. The molecule has 0 saturated carbocycles. The van der Waals surface area contributed by atoms with E-state index in [1.807, 2.05) is 23.4 Å². The zero-order valence-electron chi connectivity index (χ0n) is 17.5. The Morgan fingerprint density at radius 2 is 1.94 bits per heavy atom. The van der Waals surface area contributed by atoms with Crippen molar-refractivity contribution in [1.82, 2.24) is 9.88 Å². The number of nitrogens with zero attached hydrogens (tertiary/aromatic N) is 2. The Morgan fingerprint density at radius 1 is 1.03 bits per heavy atom. The predicted octanol–water partition coefficient (Wildman–Crippen LogP) is 5.37. The first kappa shape index (κ1) is 18.4. The Hall–Kier alpha value is -3.40. The van der Waals surface area contributed by atoms with E-state index in [0.717, 1.165) is 49.9 Å². The number of fused-ring (bicyclic) bond motifs is 2. The van der Waals surface area contributed by atoms with Gasteiger partial charge in [0.1, 0.15) is 0 Å². The molecule has 1 fully saturated rings. The number of amides is 1. The van der Waals surface area contributed by atoms with E-state index in [0.29, 0.717) is 5.92 Å². The summed E-state index contributed by atoms with van der Waals surface area (Å²) in [5.74, 6) is 0.691. The number of allylic oxidation sites excluding steroid dienone is 2. The third kappa shape index (κ3) is 3.14. The van der Waals surface area contributed by atoms with Gasteiger partial charge >= 0.3 is 0 Å². The fraction of sp³-hybridized carbons (Fsp3) is 0.259. The van der Waals surface area contributed by atoms with Crippen LogP contribution >= 0.6 is 0 Å². The topological polar surface area (TPSA) is 48.5 Å². The van der Waals surface area contributed by atoms with E-state index in [1.54, 1.807) is 0 Å². The van der Waals surface area contributed by atoms with Crippen LogP contribution in [0.1, 0.15) is 46.3 Å². The normalized spacial score (nSPS) is 18.4.